The minimum atomic E-state index is -0.675. The van der Waals surface area contributed by atoms with Crippen LogP contribution in [0, 0.1) is 11.6 Å². The van der Waals surface area contributed by atoms with Crippen molar-refractivity contribution >= 4 is 17.5 Å². The Morgan fingerprint density at radius 2 is 1.86 bits per heavy atom. The van der Waals surface area contributed by atoms with Crippen LogP contribution >= 0.6 is 0 Å². The van der Waals surface area contributed by atoms with Crippen molar-refractivity contribution in [3.05, 3.63) is 29.8 Å². The van der Waals surface area contributed by atoms with Crippen LogP contribution in [-0.4, -0.2) is 54.3 Å². The smallest absolute Gasteiger partial charge is 0.238 e. The van der Waals surface area contributed by atoms with Crippen molar-refractivity contribution in [2.45, 2.75) is 6.92 Å². The highest BCUT2D eigenvalue weighted by Gasteiger charge is 2.20. The van der Waals surface area contributed by atoms with Gasteiger partial charge in [0, 0.05) is 39.2 Å². The highest BCUT2D eigenvalue weighted by atomic mass is 19.1. The molecule has 7 heteroatoms. The number of hydrogen-bond acceptors (Lipinski definition) is 3. The minimum absolute atomic E-state index is 0.0148. The first-order valence-electron chi connectivity index (χ1n) is 6.68. The van der Waals surface area contributed by atoms with Crippen LogP contribution in [0.5, 0.6) is 0 Å². The summed E-state index contributed by atoms with van der Waals surface area (Å²) in [6.45, 7) is 3.89. The van der Waals surface area contributed by atoms with Gasteiger partial charge in [0.25, 0.3) is 0 Å². The van der Waals surface area contributed by atoms with E-state index in [0.29, 0.717) is 26.2 Å². The topological polar surface area (TPSA) is 52.7 Å². The predicted molar refractivity (Wildman–Crippen MR) is 73.7 cm³/mol. The summed E-state index contributed by atoms with van der Waals surface area (Å²) in [4.78, 5) is 26.6. The second-order valence-corrected chi connectivity index (χ2v) is 4.95. The first kappa shape index (κ1) is 15.4. The Bertz CT molecular complexity index is 543. The van der Waals surface area contributed by atoms with Crippen molar-refractivity contribution in [3.63, 3.8) is 0 Å². The monoisotopic (exact) mass is 297 g/mol. The summed E-state index contributed by atoms with van der Waals surface area (Å²) in [5, 5.41) is 2.36. The number of piperazine rings is 1. The molecule has 0 bridgehead atoms. The molecule has 1 saturated heterocycles. The molecule has 21 heavy (non-hydrogen) atoms. The van der Waals surface area contributed by atoms with E-state index in [9.17, 15) is 18.4 Å². The lowest BCUT2D eigenvalue weighted by Gasteiger charge is -2.33. The van der Waals surface area contributed by atoms with Gasteiger partial charge in [0.15, 0.2) is 0 Å². The maximum atomic E-state index is 13.4. The molecular weight excluding hydrogens is 280 g/mol. The van der Waals surface area contributed by atoms with E-state index in [1.165, 1.54) is 6.92 Å². The molecule has 0 radical (unpaired) electrons. The quantitative estimate of drug-likeness (QED) is 0.908. The van der Waals surface area contributed by atoms with Crippen LogP contribution in [0.2, 0.25) is 0 Å². The maximum Gasteiger partial charge on any atom is 0.238 e. The Hall–Kier alpha value is -2.02. The van der Waals surface area contributed by atoms with Gasteiger partial charge in [-0.1, -0.05) is 0 Å². The number of hydrogen-bond donors (Lipinski definition) is 1. The molecule has 114 valence electrons. The minimum Gasteiger partial charge on any atom is -0.340 e. The zero-order valence-electron chi connectivity index (χ0n) is 11.7. The fourth-order valence-corrected chi connectivity index (χ4v) is 2.21. The molecule has 2 amide bonds. The van der Waals surface area contributed by atoms with E-state index < -0.39 is 17.5 Å². The SMILES string of the molecule is CC(=O)N1CCN(CC(=O)Nc2cc(F)ccc2F)CC1. The summed E-state index contributed by atoms with van der Waals surface area (Å²) in [5.74, 6) is -1.68. The lowest BCUT2D eigenvalue weighted by Crippen LogP contribution is -2.49. The van der Waals surface area contributed by atoms with Gasteiger partial charge in [-0.25, -0.2) is 8.78 Å². The number of nitrogens with one attached hydrogen (secondary N) is 1. The van der Waals surface area contributed by atoms with E-state index in [-0.39, 0.29) is 18.1 Å². The number of rotatable bonds is 3. The molecule has 0 aliphatic carbocycles. The van der Waals surface area contributed by atoms with Crippen molar-refractivity contribution in [1.29, 1.82) is 0 Å². The number of nitrogens with zero attached hydrogens (tertiary/aromatic N) is 2. The Morgan fingerprint density at radius 1 is 1.19 bits per heavy atom. The third-order valence-corrected chi connectivity index (χ3v) is 3.39. The van der Waals surface area contributed by atoms with Gasteiger partial charge < -0.3 is 10.2 Å². The highest BCUT2D eigenvalue weighted by Crippen LogP contribution is 2.15. The zero-order chi connectivity index (χ0) is 15.4. The van der Waals surface area contributed by atoms with Crippen LogP contribution in [0.25, 0.3) is 0 Å². The highest BCUT2D eigenvalue weighted by molar-refractivity contribution is 5.92. The molecule has 1 N–H and O–H groups in total. The van der Waals surface area contributed by atoms with E-state index in [0.717, 1.165) is 18.2 Å². The van der Waals surface area contributed by atoms with Crippen molar-refractivity contribution in [1.82, 2.24) is 9.80 Å². The molecule has 0 atom stereocenters. The van der Waals surface area contributed by atoms with Gasteiger partial charge in [-0.05, 0) is 12.1 Å². The lowest BCUT2D eigenvalue weighted by atomic mass is 10.2. The Morgan fingerprint density at radius 3 is 2.48 bits per heavy atom. The molecule has 1 aromatic rings. The Labute approximate surface area is 121 Å². The second-order valence-electron chi connectivity index (χ2n) is 4.95. The summed E-state index contributed by atoms with van der Waals surface area (Å²) in [6.07, 6.45) is 0. The number of amides is 2. The Balaban J connectivity index is 1.85. The van der Waals surface area contributed by atoms with Gasteiger partial charge in [0.2, 0.25) is 11.8 Å². The molecule has 1 aliphatic rings. The Kier molecular flexibility index (Phi) is 4.85. The van der Waals surface area contributed by atoms with E-state index >= 15 is 0 Å². The van der Waals surface area contributed by atoms with Crippen LogP contribution in [0.3, 0.4) is 0 Å². The van der Waals surface area contributed by atoms with Gasteiger partial charge >= 0.3 is 0 Å². The van der Waals surface area contributed by atoms with Crippen molar-refractivity contribution in [2.24, 2.45) is 0 Å². The van der Waals surface area contributed by atoms with Crippen LogP contribution < -0.4 is 5.32 Å². The molecule has 0 spiro atoms. The normalized spacial score (nSPS) is 15.9. The fraction of sp³-hybridized carbons (Fsp3) is 0.429. The van der Waals surface area contributed by atoms with E-state index in [2.05, 4.69) is 5.32 Å². The largest absolute Gasteiger partial charge is 0.340 e. The number of anilines is 1. The molecule has 1 aromatic carbocycles. The lowest BCUT2D eigenvalue weighted by molar-refractivity contribution is -0.130. The number of carbonyl (C=O) groups excluding carboxylic acids is 2. The molecule has 0 aromatic heterocycles. The van der Waals surface area contributed by atoms with Gasteiger partial charge in [-0.3, -0.25) is 14.5 Å². The summed E-state index contributed by atoms with van der Waals surface area (Å²) in [6, 6.07) is 2.91. The third kappa shape index (κ3) is 4.22. The molecule has 2 rings (SSSR count). The first-order chi connectivity index (χ1) is 9.95. The first-order valence-corrected chi connectivity index (χ1v) is 6.68. The molecule has 1 aliphatic heterocycles. The van der Waals surface area contributed by atoms with Gasteiger partial charge in [-0.15, -0.1) is 0 Å². The van der Waals surface area contributed by atoms with Crippen LogP contribution in [0.4, 0.5) is 14.5 Å². The molecular formula is C14H17F2N3O2. The van der Waals surface area contributed by atoms with Crippen molar-refractivity contribution in [3.8, 4) is 0 Å². The number of benzene rings is 1. The third-order valence-electron chi connectivity index (χ3n) is 3.39. The molecule has 5 nitrogen and oxygen atoms in total. The summed E-state index contributed by atoms with van der Waals surface area (Å²) < 4.78 is 26.4. The van der Waals surface area contributed by atoms with Gasteiger partial charge in [-0.2, -0.15) is 0 Å². The summed E-state index contributed by atoms with van der Waals surface area (Å²) in [5.41, 5.74) is -0.164. The zero-order valence-corrected chi connectivity index (χ0v) is 11.7. The van der Waals surface area contributed by atoms with E-state index in [1.807, 2.05) is 4.90 Å². The number of carbonyl (C=O) groups is 2. The molecule has 1 fully saturated rings. The summed E-state index contributed by atoms with van der Waals surface area (Å²) in [7, 11) is 0. The fourth-order valence-electron chi connectivity index (χ4n) is 2.21. The number of halogens is 2. The van der Waals surface area contributed by atoms with Gasteiger partial charge in [0.05, 0.1) is 12.2 Å². The van der Waals surface area contributed by atoms with E-state index in [4.69, 9.17) is 0 Å². The van der Waals surface area contributed by atoms with Crippen LogP contribution in [-0.2, 0) is 9.59 Å². The van der Waals surface area contributed by atoms with E-state index in [1.54, 1.807) is 4.90 Å². The molecule has 1 heterocycles. The van der Waals surface area contributed by atoms with Crippen molar-refractivity contribution in [2.75, 3.05) is 38.0 Å². The molecule has 0 saturated carbocycles. The maximum absolute atomic E-state index is 13.4. The van der Waals surface area contributed by atoms with Gasteiger partial charge in [0.1, 0.15) is 11.6 Å². The van der Waals surface area contributed by atoms with Crippen LogP contribution in [0.1, 0.15) is 6.92 Å². The molecule has 0 unspecified atom stereocenters. The predicted octanol–water partition coefficient (Wildman–Crippen LogP) is 1.07. The average molecular weight is 297 g/mol. The standard InChI is InChI=1S/C14H17F2N3O2/c1-10(20)19-6-4-18(5-7-19)9-14(21)17-13-8-11(15)2-3-12(13)16/h2-3,8H,4-7,9H2,1H3,(H,17,21). The van der Waals surface area contributed by atoms with Crippen molar-refractivity contribution < 1.29 is 18.4 Å². The summed E-state index contributed by atoms with van der Waals surface area (Å²) >= 11 is 0. The van der Waals surface area contributed by atoms with Crippen LogP contribution in [0.15, 0.2) is 18.2 Å². The average Bonchev–Trinajstić information content (AvgIpc) is 2.43. The second kappa shape index (κ2) is 6.62.